The average molecular weight is 1020 g/mol. The van der Waals surface area contributed by atoms with Gasteiger partial charge in [-0.2, -0.15) is 5.26 Å². The van der Waals surface area contributed by atoms with E-state index in [9.17, 15) is 29.5 Å². The molecular weight excluding hydrogens is 952 g/mol. The number of rotatable bonds is 21. The number of β-amino-alcohol motifs (C(OH)–C–C–N with tert-alkyl or cyclic N) is 1. The van der Waals surface area contributed by atoms with E-state index < -0.39 is 40.3 Å². The first-order valence-corrected chi connectivity index (χ1v) is 26.2. The molecule has 15 nitrogen and oxygen atoms in total. The number of halogens is 1. The second-order valence-corrected chi connectivity index (χ2v) is 22.6. The van der Waals surface area contributed by atoms with Crippen molar-refractivity contribution in [1.82, 2.24) is 30.8 Å². The number of aliphatic hydroxyl groups excluding tert-OH is 1. The van der Waals surface area contributed by atoms with E-state index in [0.717, 1.165) is 39.4 Å². The van der Waals surface area contributed by atoms with Gasteiger partial charge in [0.15, 0.2) is 0 Å². The van der Waals surface area contributed by atoms with Crippen molar-refractivity contribution in [3.8, 4) is 22.3 Å². The SMILES string of the molecule is CCO/N=C(\CCCCC(=O)NC(C(=O)N1C[C@H](O)C[C@H]1C(=O)NC(C)c1ccc(-c2scnc2C)cc1)C(C)(C)C)CCCc1ccc(C(=O)NC2C(C)(C)C(Oc3ccc(C#N)c(Cl)c3)C2(C)C)nc1. The molecule has 2 unspecified atom stereocenters. The van der Waals surface area contributed by atoms with Crippen molar-refractivity contribution < 1.29 is 33.9 Å². The zero-order valence-electron chi connectivity index (χ0n) is 43.3. The van der Waals surface area contributed by atoms with Crippen molar-refractivity contribution in [3.05, 3.63) is 99.4 Å². The number of pyridine rings is 1. The van der Waals surface area contributed by atoms with E-state index in [0.29, 0.717) is 60.7 Å². The number of unbranched alkanes of at least 4 members (excludes halogenated alkanes) is 1. The Bertz CT molecular complexity index is 2600. The maximum atomic E-state index is 14.2. The van der Waals surface area contributed by atoms with Crippen LogP contribution in [0.1, 0.15) is 146 Å². The number of carbonyl (C=O) groups is 4. The first kappa shape index (κ1) is 55.4. The van der Waals surface area contributed by atoms with Gasteiger partial charge in [-0.1, -0.05) is 95.6 Å². The van der Waals surface area contributed by atoms with Crippen LogP contribution in [0, 0.1) is 34.5 Å². The van der Waals surface area contributed by atoms with Gasteiger partial charge < -0.3 is 35.5 Å². The Labute approximate surface area is 433 Å². The molecule has 3 heterocycles. The summed E-state index contributed by atoms with van der Waals surface area (Å²) in [4.78, 5) is 71.6. The first-order valence-electron chi connectivity index (χ1n) is 24.9. The lowest BCUT2D eigenvalue weighted by atomic mass is 9.49. The second kappa shape index (κ2) is 23.8. The van der Waals surface area contributed by atoms with E-state index in [4.69, 9.17) is 21.2 Å². The molecule has 0 bridgehead atoms. The lowest BCUT2D eigenvalue weighted by Crippen LogP contribution is -2.74. The van der Waals surface area contributed by atoms with Gasteiger partial charge in [-0.3, -0.25) is 24.2 Å². The monoisotopic (exact) mass is 1020 g/mol. The van der Waals surface area contributed by atoms with Crippen LogP contribution in [-0.4, -0.2) is 92.8 Å². The number of oxime groups is 1. The number of nitriles is 1. The summed E-state index contributed by atoms with van der Waals surface area (Å²) in [5, 5.41) is 33.9. The molecule has 0 radical (unpaired) electrons. The summed E-state index contributed by atoms with van der Waals surface area (Å²) in [6, 6.07) is 16.3. The molecule has 4 N–H and O–H groups in total. The van der Waals surface area contributed by atoms with Crippen LogP contribution in [-0.2, 0) is 25.6 Å². The summed E-state index contributed by atoms with van der Waals surface area (Å²) in [6.45, 7) is 20.0. The first-order chi connectivity index (χ1) is 34.0. The highest BCUT2D eigenvalue weighted by atomic mass is 35.5. The molecule has 2 aromatic heterocycles. The largest absolute Gasteiger partial charge is 0.489 e. The topological polar surface area (TPSA) is 208 Å². The summed E-state index contributed by atoms with van der Waals surface area (Å²) >= 11 is 7.83. The number of nitrogens with zero attached hydrogens (tertiary/aromatic N) is 5. The van der Waals surface area contributed by atoms with Gasteiger partial charge in [0.05, 0.1) is 44.5 Å². The lowest BCUT2D eigenvalue weighted by molar-refractivity contribution is -0.164. The van der Waals surface area contributed by atoms with Crippen molar-refractivity contribution in [2.75, 3.05) is 13.2 Å². The van der Waals surface area contributed by atoms with Gasteiger partial charge in [0.1, 0.15) is 42.3 Å². The average Bonchev–Trinajstić information content (AvgIpc) is 3.96. The number of benzene rings is 2. The van der Waals surface area contributed by atoms with Crippen molar-refractivity contribution in [1.29, 1.82) is 5.26 Å². The van der Waals surface area contributed by atoms with Gasteiger partial charge in [0.25, 0.3) is 5.91 Å². The molecule has 386 valence electrons. The van der Waals surface area contributed by atoms with E-state index >= 15 is 0 Å². The Hall–Kier alpha value is -5.89. The molecule has 4 atom stereocenters. The van der Waals surface area contributed by atoms with E-state index in [1.165, 1.54) is 4.90 Å². The Morgan fingerprint density at radius 2 is 1.68 bits per heavy atom. The van der Waals surface area contributed by atoms with Gasteiger partial charge in [-0.05, 0) is 99.6 Å². The summed E-state index contributed by atoms with van der Waals surface area (Å²) in [5.74, 6) is -0.733. The van der Waals surface area contributed by atoms with E-state index in [2.05, 4.69) is 64.8 Å². The molecule has 1 aliphatic carbocycles. The molecule has 2 aromatic carbocycles. The van der Waals surface area contributed by atoms with Crippen LogP contribution in [0.2, 0.25) is 5.02 Å². The highest BCUT2D eigenvalue weighted by Crippen LogP contribution is 2.55. The van der Waals surface area contributed by atoms with Crippen LogP contribution in [0.15, 0.2) is 71.5 Å². The van der Waals surface area contributed by atoms with Crippen molar-refractivity contribution in [2.24, 2.45) is 21.4 Å². The van der Waals surface area contributed by atoms with Gasteiger partial charge >= 0.3 is 0 Å². The van der Waals surface area contributed by atoms with Crippen molar-refractivity contribution in [2.45, 2.75) is 157 Å². The Kier molecular flexibility index (Phi) is 18.3. The van der Waals surface area contributed by atoms with Gasteiger partial charge in [-0.15, -0.1) is 11.3 Å². The third kappa shape index (κ3) is 13.4. The number of carbonyl (C=O) groups excluding carboxylic acids is 4. The van der Waals surface area contributed by atoms with Crippen LogP contribution in [0.5, 0.6) is 5.75 Å². The summed E-state index contributed by atoms with van der Waals surface area (Å²) < 4.78 is 6.37. The maximum absolute atomic E-state index is 14.2. The smallest absolute Gasteiger partial charge is 0.270 e. The number of aromatic nitrogens is 2. The number of nitrogens with one attached hydrogen (secondary N) is 3. The number of aliphatic hydroxyl groups is 1. The quantitative estimate of drug-likeness (QED) is 0.0353. The van der Waals surface area contributed by atoms with Crippen LogP contribution in [0.4, 0.5) is 0 Å². The summed E-state index contributed by atoms with van der Waals surface area (Å²) in [7, 11) is 0. The van der Waals surface area contributed by atoms with E-state index in [-0.39, 0.29) is 55.3 Å². The fourth-order valence-corrected chi connectivity index (χ4v) is 11.3. The van der Waals surface area contributed by atoms with E-state index in [1.807, 2.05) is 77.4 Å². The number of thiazole rings is 1. The predicted molar refractivity (Wildman–Crippen MR) is 280 cm³/mol. The molecule has 1 saturated heterocycles. The van der Waals surface area contributed by atoms with Crippen LogP contribution < -0.4 is 20.7 Å². The fraction of sp³-hybridized carbons (Fsp3) is 0.527. The fourth-order valence-electron chi connectivity index (χ4n) is 10.2. The zero-order valence-corrected chi connectivity index (χ0v) is 44.9. The van der Waals surface area contributed by atoms with Gasteiger partial charge in [-0.25, -0.2) is 4.98 Å². The number of amides is 4. The number of hydrogen-bond acceptors (Lipinski definition) is 12. The third-order valence-corrected chi connectivity index (χ3v) is 15.2. The number of hydrogen-bond donors (Lipinski definition) is 4. The minimum atomic E-state index is -0.920. The molecule has 0 spiro atoms. The van der Waals surface area contributed by atoms with Crippen LogP contribution in [0.25, 0.3) is 10.4 Å². The molecule has 4 aromatic rings. The van der Waals surface area contributed by atoms with Crippen molar-refractivity contribution in [3.63, 3.8) is 0 Å². The lowest BCUT2D eigenvalue weighted by Gasteiger charge is -2.63. The minimum Gasteiger partial charge on any atom is -0.489 e. The van der Waals surface area contributed by atoms with Crippen LogP contribution in [0.3, 0.4) is 0 Å². The Morgan fingerprint density at radius 3 is 2.29 bits per heavy atom. The predicted octanol–water partition coefficient (Wildman–Crippen LogP) is 9.30. The molecular formula is C55H71ClN8O7S. The highest BCUT2D eigenvalue weighted by molar-refractivity contribution is 7.13. The molecule has 1 aliphatic heterocycles. The summed E-state index contributed by atoms with van der Waals surface area (Å²) in [6.07, 6.45) is 4.94. The number of ether oxygens (including phenoxy) is 1. The molecule has 2 fully saturated rings. The second-order valence-electron chi connectivity index (χ2n) is 21.4. The van der Waals surface area contributed by atoms with E-state index in [1.54, 1.807) is 41.8 Å². The van der Waals surface area contributed by atoms with Gasteiger partial charge in [0.2, 0.25) is 17.7 Å². The Balaban J connectivity index is 0.945. The molecule has 1 saturated carbocycles. The van der Waals surface area contributed by atoms with Crippen molar-refractivity contribution >= 4 is 52.3 Å². The molecule has 2 aliphatic rings. The molecule has 17 heteroatoms. The molecule has 72 heavy (non-hydrogen) atoms. The summed E-state index contributed by atoms with van der Waals surface area (Å²) in [5.41, 5.74) is 5.80. The minimum absolute atomic E-state index is 0.00644. The Morgan fingerprint density at radius 1 is 0.986 bits per heavy atom. The zero-order chi connectivity index (χ0) is 52.5. The normalized spacial score (nSPS) is 20.1. The maximum Gasteiger partial charge on any atom is 0.270 e. The number of aryl methyl sites for hydroxylation is 2. The molecule has 6 rings (SSSR count). The standard InChI is InChI=1S/C55H71ClN8O7S/c1-11-70-63-39(17-14-15-35-19-26-43(58-30-35)48(67)62-51-54(7,8)52(55(51,9)10)71-41-25-24-38(29-57)42(56)28-41)16-12-13-18-45(66)61-47(53(4,5)6)50(69)64-31-40(65)27-44(64)49(68)60-33(2)36-20-22-37(23-21-36)46-34(3)59-32-72-46/h19-26,28,30,32-33,40,44,47,51-52,65H,11-18,27,31H2,1-10H3,(H,60,68)(H,61,66)(H,62,67)/b63-39+/t33?,40-,44+,47?,51?,52?/m1/s1. The third-order valence-electron chi connectivity index (χ3n) is 13.9. The van der Waals surface area contributed by atoms with Crippen LogP contribution >= 0.6 is 22.9 Å². The van der Waals surface area contributed by atoms with Gasteiger partial charge in [0, 0.05) is 48.5 Å². The number of likely N-dealkylation sites (tertiary alicyclic amines) is 1. The highest BCUT2D eigenvalue weighted by Gasteiger charge is 2.64. The molecule has 4 amide bonds.